The monoisotopic (exact) mass is 417 g/mol. The van der Waals surface area contributed by atoms with Gasteiger partial charge in [0.05, 0.1) is 18.8 Å². The normalized spacial score (nSPS) is 21.3. The van der Waals surface area contributed by atoms with E-state index >= 15 is 0 Å². The predicted molar refractivity (Wildman–Crippen MR) is 107 cm³/mol. The largest absolute Gasteiger partial charge is 0.435 e. The Morgan fingerprint density at radius 3 is 2.63 bits per heavy atom. The highest BCUT2D eigenvalue weighted by molar-refractivity contribution is 5.99. The minimum atomic E-state index is -2.85. The second-order valence-corrected chi connectivity index (χ2v) is 7.94. The lowest BCUT2D eigenvalue weighted by Crippen LogP contribution is -2.49. The molecule has 1 saturated heterocycles. The number of carbonyl (C=O) groups is 1. The van der Waals surface area contributed by atoms with Crippen molar-refractivity contribution in [2.24, 2.45) is 0 Å². The molecule has 0 aliphatic carbocycles. The highest BCUT2D eigenvalue weighted by atomic mass is 19.3. The van der Waals surface area contributed by atoms with E-state index < -0.39 is 12.7 Å². The number of carbonyl (C=O) groups excluding carboxylic acids is 1. The van der Waals surface area contributed by atoms with Gasteiger partial charge in [-0.25, -0.2) is 0 Å². The molecule has 0 radical (unpaired) electrons. The third kappa shape index (κ3) is 3.91. The smallest absolute Gasteiger partial charge is 0.387 e. The van der Waals surface area contributed by atoms with E-state index in [4.69, 9.17) is 4.74 Å². The summed E-state index contributed by atoms with van der Waals surface area (Å²) in [5.41, 5.74) is 5.81. The van der Waals surface area contributed by atoms with E-state index in [0.29, 0.717) is 38.2 Å². The number of halogens is 2. The Morgan fingerprint density at radius 2 is 1.97 bits per heavy atom. The van der Waals surface area contributed by atoms with Crippen LogP contribution < -0.4 is 4.74 Å². The molecule has 1 amide bonds. The van der Waals surface area contributed by atoms with Gasteiger partial charge in [-0.05, 0) is 72.7 Å². The van der Waals surface area contributed by atoms with Crippen LogP contribution in [0.15, 0.2) is 30.3 Å². The van der Waals surface area contributed by atoms with Crippen LogP contribution in [0.5, 0.6) is 5.75 Å². The van der Waals surface area contributed by atoms with Gasteiger partial charge in [-0.2, -0.15) is 8.78 Å². The average Bonchev–Trinajstić information content (AvgIpc) is 3.04. The average molecular weight is 417 g/mol. The Labute approximate surface area is 174 Å². The molecule has 2 atom stereocenters. The molecule has 1 fully saturated rings. The van der Waals surface area contributed by atoms with Gasteiger partial charge in [0, 0.05) is 18.7 Å². The lowest BCUT2D eigenvalue weighted by atomic mass is 9.91. The first-order valence-electron chi connectivity index (χ1n) is 10.1. The molecule has 0 spiro atoms. The number of nitrogens with zero attached hydrogens (tertiary/aromatic N) is 1. The molecule has 1 N–H and O–H groups in total. The van der Waals surface area contributed by atoms with Gasteiger partial charge in [-0.15, -0.1) is 0 Å². The first-order valence-corrected chi connectivity index (χ1v) is 10.1. The van der Waals surface area contributed by atoms with Crippen molar-refractivity contribution < 1.29 is 28.2 Å². The van der Waals surface area contributed by atoms with Crippen molar-refractivity contribution in [3.63, 3.8) is 0 Å². The van der Waals surface area contributed by atoms with Gasteiger partial charge in [0.15, 0.2) is 0 Å². The van der Waals surface area contributed by atoms with Gasteiger partial charge in [0.1, 0.15) is 5.75 Å². The summed E-state index contributed by atoms with van der Waals surface area (Å²) in [6, 6.07) is 8.15. The van der Waals surface area contributed by atoms with E-state index in [2.05, 4.69) is 4.74 Å². The van der Waals surface area contributed by atoms with Crippen LogP contribution in [0, 0.1) is 13.8 Å². The van der Waals surface area contributed by atoms with Crippen LogP contribution in [-0.2, 0) is 17.7 Å². The van der Waals surface area contributed by atoms with Crippen LogP contribution in [0.1, 0.15) is 44.6 Å². The van der Waals surface area contributed by atoms with Crippen molar-refractivity contribution in [2.45, 2.75) is 52.0 Å². The second kappa shape index (κ2) is 8.32. The molecule has 2 aliphatic rings. The lowest BCUT2D eigenvalue weighted by Gasteiger charge is -2.34. The Hall–Kier alpha value is -2.51. The van der Waals surface area contributed by atoms with E-state index in [9.17, 15) is 18.7 Å². The molecular formula is C23H25F2NO4. The van der Waals surface area contributed by atoms with Crippen LogP contribution >= 0.6 is 0 Å². The minimum Gasteiger partial charge on any atom is -0.435 e. The number of aliphatic hydroxyl groups is 1. The van der Waals surface area contributed by atoms with Crippen molar-refractivity contribution in [3.05, 3.63) is 63.7 Å². The zero-order valence-electron chi connectivity index (χ0n) is 17.0. The zero-order valence-corrected chi connectivity index (χ0v) is 17.0. The summed E-state index contributed by atoms with van der Waals surface area (Å²) in [7, 11) is 0. The molecule has 2 aromatic rings. The van der Waals surface area contributed by atoms with Gasteiger partial charge >= 0.3 is 6.61 Å². The maximum absolute atomic E-state index is 13.1. The summed E-state index contributed by atoms with van der Waals surface area (Å²) in [6.45, 7) is 2.53. The van der Waals surface area contributed by atoms with Gasteiger partial charge in [-0.3, -0.25) is 4.79 Å². The molecule has 0 bridgehead atoms. The maximum atomic E-state index is 13.1. The molecule has 2 aromatic carbocycles. The van der Waals surface area contributed by atoms with Gasteiger partial charge < -0.3 is 19.5 Å². The Balaban J connectivity index is 1.58. The van der Waals surface area contributed by atoms with Gasteiger partial charge in [-0.1, -0.05) is 12.1 Å². The fourth-order valence-corrected chi connectivity index (χ4v) is 4.30. The fourth-order valence-electron chi connectivity index (χ4n) is 4.30. The van der Waals surface area contributed by atoms with Crippen molar-refractivity contribution in [3.8, 4) is 5.75 Å². The first kappa shape index (κ1) is 20.8. The van der Waals surface area contributed by atoms with Crippen LogP contribution in [-0.4, -0.2) is 47.9 Å². The second-order valence-electron chi connectivity index (χ2n) is 7.94. The first-order chi connectivity index (χ1) is 14.3. The number of ether oxygens (including phenoxy) is 2. The molecule has 4 rings (SSSR count). The highest BCUT2D eigenvalue weighted by Gasteiger charge is 2.39. The number of rotatable bonds is 5. The molecule has 160 valence electrons. The third-order valence-electron chi connectivity index (χ3n) is 6.19. The topological polar surface area (TPSA) is 59.0 Å². The quantitative estimate of drug-likeness (QED) is 0.808. The Kier molecular flexibility index (Phi) is 5.75. The van der Waals surface area contributed by atoms with Gasteiger partial charge in [0.2, 0.25) is 0 Å². The number of aliphatic hydroxyl groups excluding tert-OH is 1. The molecule has 30 heavy (non-hydrogen) atoms. The molecule has 0 saturated carbocycles. The Bertz CT molecular complexity index is 945. The summed E-state index contributed by atoms with van der Waals surface area (Å²) in [5.74, 6) is 0.0410. The molecule has 0 unspecified atom stereocenters. The lowest BCUT2D eigenvalue weighted by molar-refractivity contribution is -0.0528. The number of fused-ring (bicyclic) bond motifs is 1. The summed E-state index contributed by atoms with van der Waals surface area (Å²) < 4.78 is 34.6. The molecule has 5 nitrogen and oxygen atoms in total. The number of benzene rings is 2. The predicted octanol–water partition coefficient (Wildman–Crippen LogP) is 3.60. The molecule has 0 aromatic heterocycles. The SMILES string of the molecule is Cc1c(Cc2ccc(OC(F)F)cc2)cc2c(c1C)CN([C@H]1COCC[C@@H]1O)C2=O. The highest BCUT2D eigenvalue weighted by Crippen LogP contribution is 2.33. The zero-order chi connectivity index (χ0) is 21.4. The van der Waals surface area contributed by atoms with Crippen LogP contribution in [0.2, 0.25) is 0 Å². The van der Waals surface area contributed by atoms with E-state index in [1.807, 2.05) is 19.9 Å². The summed E-state index contributed by atoms with van der Waals surface area (Å²) in [5, 5.41) is 10.3. The maximum Gasteiger partial charge on any atom is 0.387 e. The van der Waals surface area contributed by atoms with E-state index in [0.717, 1.165) is 27.8 Å². The minimum absolute atomic E-state index is 0.0791. The molecule has 7 heteroatoms. The van der Waals surface area contributed by atoms with Crippen molar-refractivity contribution in [2.75, 3.05) is 13.2 Å². The number of hydrogen-bond acceptors (Lipinski definition) is 4. The molecule has 2 aliphatic heterocycles. The van der Waals surface area contributed by atoms with Crippen LogP contribution in [0.4, 0.5) is 8.78 Å². The molecular weight excluding hydrogens is 392 g/mol. The molecule has 2 heterocycles. The van der Waals surface area contributed by atoms with E-state index in [1.54, 1.807) is 17.0 Å². The van der Waals surface area contributed by atoms with Gasteiger partial charge in [0.25, 0.3) is 5.91 Å². The number of hydrogen-bond donors (Lipinski definition) is 1. The third-order valence-corrected chi connectivity index (χ3v) is 6.19. The van der Waals surface area contributed by atoms with E-state index in [1.165, 1.54) is 12.1 Å². The Morgan fingerprint density at radius 1 is 1.23 bits per heavy atom. The summed E-state index contributed by atoms with van der Waals surface area (Å²) in [6.07, 6.45) is 0.531. The van der Waals surface area contributed by atoms with Crippen LogP contribution in [0.25, 0.3) is 0 Å². The number of alkyl halides is 2. The fraction of sp³-hybridized carbons (Fsp3) is 0.435. The van der Waals surface area contributed by atoms with Crippen molar-refractivity contribution in [1.29, 1.82) is 0 Å². The summed E-state index contributed by atoms with van der Waals surface area (Å²) >= 11 is 0. The van der Waals surface area contributed by atoms with E-state index in [-0.39, 0.29) is 17.7 Å². The van der Waals surface area contributed by atoms with Crippen molar-refractivity contribution >= 4 is 5.91 Å². The standard InChI is InChI=1S/C23H25F2NO4/c1-13-14(2)19-11-26(20-12-29-8-7-21(20)27)22(28)18(19)10-16(13)9-15-3-5-17(6-4-15)30-23(24)25/h3-6,10,20-21,23,27H,7-9,11-12H2,1-2H3/t20-,21-/m0/s1. The number of amides is 1. The summed E-state index contributed by atoms with van der Waals surface area (Å²) in [4.78, 5) is 14.9. The van der Waals surface area contributed by atoms with Crippen molar-refractivity contribution in [1.82, 2.24) is 4.90 Å². The van der Waals surface area contributed by atoms with Crippen LogP contribution in [0.3, 0.4) is 0 Å².